The van der Waals surface area contributed by atoms with Crippen LogP contribution in [0.25, 0.3) is 6.08 Å². The summed E-state index contributed by atoms with van der Waals surface area (Å²) < 4.78 is 7.17. The van der Waals surface area contributed by atoms with Gasteiger partial charge in [-0.05, 0) is 37.5 Å². The average molecular weight is 271 g/mol. The number of carbonyl (C=O) groups excluding carboxylic acids is 1. The van der Waals surface area contributed by atoms with Crippen molar-refractivity contribution in [3.05, 3.63) is 47.7 Å². The molecule has 1 N–H and O–H groups in total. The highest BCUT2D eigenvalue weighted by Gasteiger charge is 2.14. The van der Waals surface area contributed by atoms with Crippen molar-refractivity contribution >= 4 is 12.0 Å². The van der Waals surface area contributed by atoms with Gasteiger partial charge < -0.3 is 9.73 Å². The molecule has 20 heavy (non-hydrogen) atoms. The lowest BCUT2D eigenvalue weighted by Gasteiger charge is -2.14. The van der Waals surface area contributed by atoms with Gasteiger partial charge in [0.1, 0.15) is 5.76 Å². The summed E-state index contributed by atoms with van der Waals surface area (Å²) >= 11 is 0. The van der Waals surface area contributed by atoms with E-state index in [1.54, 1.807) is 24.5 Å². The molecule has 3 heterocycles. The smallest absolute Gasteiger partial charge is 0.244 e. The quantitative estimate of drug-likeness (QED) is 0.867. The van der Waals surface area contributed by atoms with Gasteiger partial charge >= 0.3 is 0 Å². The summed E-state index contributed by atoms with van der Waals surface area (Å²) in [6.07, 6.45) is 10.0. The lowest BCUT2D eigenvalue weighted by Crippen LogP contribution is -2.21. The monoisotopic (exact) mass is 271 g/mol. The standard InChI is InChI=1S/C15H17N3O2/c19-15(7-6-13-4-3-9-20-13)16-10-12-11-17-18-8-2-1-5-14(12)18/h3-4,6-7,9,11H,1-2,5,8,10H2,(H,16,19)/b7-6+. The fraction of sp³-hybridized carbons (Fsp3) is 0.333. The van der Waals surface area contributed by atoms with E-state index < -0.39 is 0 Å². The van der Waals surface area contributed by atoms with E-state index >= 15 is 0 Å². The fourth-order valence-electron chi connectivity index (χ4n) is 2.42. The van der Waals surface area contributed by atoms with Crippen molar-refractivity contribution < 1.29 is 9.21 Å². The van der Waals surface area contributed by atoms with Gasteiger partial charge in [-0.2, -0.15) is 5.10 Å². The van der Waals surface area contributed by atoms with Crippen molar-refractivity contribution in [2.45, 2.75) is 32.4 Å². The molecular weight excluding hydrogens is 254 g/mol. The van der Waals surface area contributed by atoms with Gasteiger partial charge in [0.2, 0.25) is 5.91 Å². The molecule has 0 unspecified atom stereocenters. The second-order valence-corrected chi connectivity index (χ2v) is 4.86. The lowest BCUT2D eigenvalue weighted by atomic mass is 10.1. The second-order valence-electron chi connectivity index (χ2n) is 4.86. The number of aryl methyl sites for hydroxylation is 1. The molecule has 2 aromatic heterocycles. The zero-order valence-electron chi connectivity index (χ0n) is 11.2. The Morgan fingerprint density at radius 1 is 1.50 bits per heavy atom. The van der Waals surface area contributed by atoms with Crippen molar-refractivity contribution in [3.8, 4) is 0 Å². The van der Waals surface area contributed by atoms with Crippen LogP contribution in [-0.2, 0) is 24.3 Å². The van der Waals surface area contributed by atoms with Crippen LogP contribution in [0.2, 0.25) is 0 Å². The first kappa shape index (κ1) is 12.7. The summed E-state index contributed by atoms with van der Waals surface area (Å²) in [5, 5.41) is 7.23. The minimum atomic E-state index is -0.128. The van der Waals surface area contributed by atoms with Crippen LogP contribution < -0.4 is 5.32 Å². The Morgan fingerprint density at radius 3 is 3.30 bits per heavy atom. The van der Waals surface area contributed by atoms with E-state index in [0.717, 1.165) is 18.5 Å². The maximum absolute atomic E-state index is 11.7. The molecule has 1 amide bonds. The second kappa shape index (κ2) is 5.77. The fourth-order valence-corrected chi connectivity index (χ4v) is 2.42. The zero-order chi connectivity index (χ0) is 13.8. The number of carbonyl (C=O) groups is 1. The van der Waals surface area contributed by atoms with Gasteiger partial charge in [0.05, 0.1) is 12.5 Å². The van der Waals surface area contributed by atoms with Gasteiger partial charge in [-0.1, -0.05) is 0 Å². The molecule has 104 valence electrons. The number of furan rings is 1. The molecule has 0 fully saturated rings. The van der Waals surface area contributed by atoms with E-state index in [1.807, 2.05) is 10.9 Å². The molecule has 0 atom stereocenters. The third-order valence-electron chi connectivity index (χ3n) is 3.46. The van der Waals surface area contributed by atoms with Gasteiger partial charge in [0.15, 0.2) is 0 Å². The van der Waals surface area contributed by atoms with Crippen LogP contribution in [0.15, 0.2) is 35.1 Å². The molecule has 0 spiro atoms. The number of nitrogens with one attached hydrogen (secondary N) is 1. The van der Waals surface area contributed by atoms with Crippen molar-refractivity contribution in [2.24, 2.45) is 0 Å². The number of hydrogen-bond acceptors (Lipinski definition) is 3. The van der Waals surface area contributed by atoms with Gasteiger partial charge in [0, 0.05) is 30.4 Å². The molecule has 1 aliphatic heterocycles. The molecule has 0 saturated heterocycles. The maximum atomic E-state index is 11.7. The third kappa shape index (κ3) is 2.82. The molecule has 2 aromatic rings. The molecular formula is C15H17N3O2. The number of rotatable bonds is 4. The first-order valence-electron chi connectivity index (χ1n) is 6.86. The molecule has 0 bridgehead atoms. The number of amides is 1. The zero-order valence-corrected chi connectivity index (χ0v) is 11.2. The Bertz CT molecular complexity index is 611. The van der Waals surface area contributed by atoms with E-state index in [1.165, 1.54) is 24.6 Å². The Morgan fingerprint density at radius 2 is 2.45 bits per heavy atom. The topological polar surface area (TPSA) is 60.1 Å². The van der Waals surface area contributed by atoms with Gasteiger partial charge in [-0.25, -0.2) is 0 Å². The minimum absolute atomic E-state index is 0.128. The van der Waals surface area contributed by atoms with E-state index in [-0.39, 0.29) is 5.91 Å². The molecule has 0 aromatic carbocycles. The van der Waals surface area contributed by atoms with Crippen molar-refractivity contribution in [1.82, 2.24) is 15.1 Å². The number of aromatic nitrogens is 2. The highest BCUT2D eigenvalue weighted by molar-refractivity contribution is 5.91. The summed E-state index contributed by atoms with van der Waals surface area (Å²) in [6, 6.07) is 3.59. The summed E-state index contributed by atoms with van der Waals surface area (Å²) in [5.74, 6) is 0.542. The lowest BCUT2D eigenvalue weighted by molar-refractivity contribution is -0.116. The maximum Gasteiger partial charge on any atom is 0.244 e. The van der Waals surface area contributed by atoms with Crippen molar-refractivity contribution in [2.75, 3.05) is 0 Å². The molecule has 5 nitrogen and oxygen atoms in total. The summed E-state index contributed by atoms with van der Waals surface area (Å²) in [4.78, 5) is 11.7. The summed E-state index contributed by atoms with van der Waals surface area (Å²) in [5.41, 5.74) is 2.37. The van der Waals surface area contributed by atoms with Crippen molar-refractivity contribution in [1.29, 1.82) is 0 Å². The van der Waals surface area contributed by atoms with Gasteiger partial charge in [-0.15, -0.1) is 0 Å². The Labute approximate surface area is 117 Å². The van der Waals surface area contributed by atoms with E-state index in [2.05, 4.69) is 10.4 Å². The Kier molecular flexibility index (Phi) is 3.67. The molecule has 1 aliphatic rings. The van der Waals surface area contributed by atoms with Crippen LogP contribution in [0, 0.1) is 0 Å². The van der Waals surface area contributed by atoms with Crippen LogP contribution in [0.5, 0.6) is 0 Å². The third-order valence-corrected chi connectivity index (χ3v) is 3.46. The van der Waals surface area contributed by atoms with E-state index in [9.17, 15) is 4.79 Å². The van der Waals surface area contributed by atoms with Crippen LogP contribution in [0.1, 0.15) is 29.9 Å². The largest absolute Gasteiger partial charge is 0.465 e. The first-order chi connectivity index (χ1) is 9.83. The number of fused-ring (bicyclic) bond motifs is 1. The SMILES string of the molecule is O=C(/C=C/c1ccco1)NCc1cnn2c1CCCC2. The van der Waals surface area contributed by atoms with Crippen LogP contribution >= 0.6 is 0 Å². The Hall–Kier alpha value is -2.30. The van der Waals surface area contributed by atoms with Crippen LogP contribution in [0.3, 0.4) is 0 Å². The average Bonchev–Trinajstić information content (AvgIpc) is 3.12. The molecule has 0 saturated carbocycles. The highest BCUT2D eigenvalue weighted by Crippen LogP contribution is 2.17. The predicted octanol–water partition coefficient (Wildman–Crippen LogP) is 2.14. The Balaban J connectivity index is 1.57. The molecule has 3 rings (SSSR count). The van der Waals surface area contributed by atoms with Crippen LogP contribution in [-0.4, -0.2) is 15.7 Å². The number of hydrogen-bond donors (Lipinski definition) is 1. The summed E-state index contributed by atoms with van der Waals surface area (Å²) in [7, 11) is 0. The molecule has 0 radical (unpaired) electrons. The van der Waals surface area contributed by atoms with E-state index in [0.29, 0.717) is 12.3 Å². The van der Waals surface area contributed by atoms with Gasteiger partial charge in [-0.3, -0.25) is 9.48 Å². The van der Waals surface area contributed by atoms with Gasteiger partial charge in [0.25, 0.3) is 0 Å². The summed E-state index contributed by atoms with van der Waals surface area (Å²) in [6.45, 7) is 1.51. The molecule has 5 heteroatoms. The molecule has 0 aliphatic carbocycles. The normalized spacial score (nSPS) is 14.4. The predicted molar refractivity (Wildman–Crippen MR) is 74.8 cm³/mol. The number of nitrogens with zero attached hydrogens (tertiary/aromatic N) is 2. The highest BCUT2D eigenvalue weighted by atomic mass is 16.3. The van der Waals surface area contributed by atoms with Crippen LogP contribution in [0.4, 0.5) is 0 Å². The van der Waals surface area contributed by atoms with Crippen molar-refractivity contribution in [3.63, 3.8) is 0 Å². The van der Waals surface area contributed by atoms with E-state index in [4.69, 9.17) is 4.42 Å². The minimum Gasteiger partial charge on any atom is -0.465 e. The first-order valence-corrected chi connectivity index (χ1v) is 6.86.